The Morgan fingerprint density at radius 1 is 1.25 bits per heavy atom. The molecular formula is C12H12BrN3. The van der Waals surface area contributed by atoms with Crippen LogP contribution in [-0.4, -0.2) is 4.98 Å². The molecule has 0 fully saturated rings. The van der Waals surface area contributed by atoms with Crippen molar-refractivity contribution in [3.05, 3.63) is 46.6 Å². The standard InChI is InChI=1S/C12H12BrN3/c1-8-2-4-11(10(13)6-8)16-9-3-5-12(14)15-7-9/h2-7,16H,1H3,(H2,14,15). The van der Waals surface area contributed by atoms with Crippen LogP contribution in [0.1, 0.15) is 5.56 Å². The number of nitrogen functional groups attached to an aromatic ring is 1. The first-order valence-corrected chi connectivity index (χ1v) is 5.69. The van der Waals surface area contributed by atoms with Gasteiger partial charge in [-0.3, -0.25) is 0 Å². The molecule has 0 aliphatic heterocycles. The molecule has 2 rings (SSSR count). The summed E-state index contributed by atoms with van der Waals surface area (Å²) in [5.74, 6) is 0.522. The molecule has 0 atom stereocenters. The molecule has 82 valence electrons. The molecule has 2 aromatic rings. The van der Waals surface area contributed by atoms with Crippen molar-refractivity contribution in [2.75, 3.05) is 11.1 Å². The second-order valence-electron chi connectivity index (χ2n) is 3.58. The van der Waals surface area contributed by atoms with Crippen molar-refractivity contribution >= 4 is 33.1 Å². The van der Waals surface area contributed by atoms with Crippen LogP contribution in [0.4, 0.5) is 17.2 Å². The highest BCUT2D eigenvalue weighted by Gasteiger charge is 2.00. The highest BCUT2D eigenvalue weighted by molar-refractivity contribution is 9.10. The molecule has 3 nitrogen and oxygen atoms in total. The van der Waals surface area contributed by atoms with Crippen molar-refractivity contribution in [1.29, 1.82) is 0 Å². The Morgan fingerprint density at radius 2 is 2.06 bits per heavy atom. The van der Waals surface area contributed by atoms with Crippen LogP contribution in [0, 0.1) is 6.92 Å². The van der Waals surface area contributed by atoms with Crippen LogP contribution in [0.15, 0.2) is 41.0 Å². The summed E-state index contributed by atoms with van der Waals surface area (Å²) in [4.78, 5) is 4.02. The number of nitrogens with one attached hydrogen (secondary N) is 1. The van der Waals surface area contributed by atoms with Gasteiger partial charge in [0.25, 0.3) is 0 Å². The summed E-state index contributed by atoms with van der Waals surface area (Å²) in [5, 5.41) is 3.26. The number of hydrogen-bond acceptors (Lipinski definition) is 3. The summed E-state index contributed by atoms with van der Waals surface area (Å²) in [7, 11) is 0. The van der Waals surface area contributed by atoms with Crippen LogP contribution in [0.5, 0.6) is 0 Å². The second-order valence-corrected chi connectivity index (χ2v) is 4.43. The van der Waals surface area contributed by atoms with E-state index in [1.807, 2.05) is 12.1 Å². The summed E-state index contributed by atoms with van der Waals surface area (Å²) in [6.45, 7) is 2.05. The SMILES string of the molecule is Cc1ccc(Nc2ccc(N)nc2)c(Br)c1. The lowest BCUT2D eigenvalue weighted by Gasteiger charge is -2.08. The van der Waals surface area contributed by atoms with Crippen LogP contribution in [-0.2, 0) is 0 Å². The van der Waals surface area contributed by atoms with Gasteiger partial charge in [-0.05, 0) is 52.7 Å². The Labute approximate surface area is 103 Å². The third kappa shape index (κ3) is 2.52. The molecule has 0 saturated carbocycles. The minimum absolute atomic E-state index is 0.522. The first kappa shape index (κ1) is 11.0. The monoisotopic (exact) mass is 277 g/mol. The minimum atomic E-state index is 0.522. The fourth-order valence-corrected chi connectivity index (χ4v) is 1.95. The zero-order valence-corrected chi connectivity index (χ0v) is 10.5. The zero-order valence-electron chi connectivity index (χ0n) is 8.87. The molecule has 1 heterocycles. The Bertz CT molecular complexity index is 494. The molecule has 0 saturated heterocycles. The van der Waals surface area contributed by atoms with Crippen molar-refractivity contribution in [2.45, 2.75) is 6.92 Å². The van der Waals surface area contributed by atoms with E-state index < -0.39 is 0 Å². The molecule has 0 spiro atoms. The molecule has 0 aliphatic rings. The molecule has 4 heteroatoms. The lowest BCUT2D eigenvalue weighted by Crippen LogP contribution is -1.94. The maximum absolute atomic E-state index is 5.52. The van der Waals surface area contributed by atoms with E-state index in [2.05, 4.69) is 45.3 Å². The number of nitrogens with zero attached hydrogens (tertiary/aromatic N) is 1. The molecule has 0 radical (unpaired) electrons. The van der Waals surface area contributed by atoms with Crippen LogP contribution >= 0.6 is 15.9 Å². The molecule has 0 bridgehead atoms. The van der Waals surface area contributed by atoms with E-state index in [1.165, 1.54) is 5.56 Å². The smallest absolute Gasteiger partial charge is 0.123 e. The van der Waals surface area contributed by atoms with Crippen molar-refractivity contribution in [3.8, 4) is 0 Å². The summed E-state index contributed by atoms with van der Waals surface area (Å²) >= 11 is 3.51. The van der Waals surface area contributed by atoms with Crippen molar-refractivity contribution in [1.82, 2.24) is 4.98 Å². The highest BCUT2D eigenvalue weighted by atomic mass is 79.9. The molecule has 3 N–H and O–H groups in total. The molecular weight excluding hydrogens is 266 g/mol. The summed E-state index contributed by atoms with van der Waals surface area (Å²) in [6.07, 6.45) is 1.71. The Hall–Kier alpha value is -1.55. The van der Waals surface area contributed by atoms with Crippen molar-refractivity contribution in [2.24, 2.45) is 0 Å². The molecule has 0 aliphatic carbocycles. The van der Waals surface area contributed by atoms with Crippen LogP contribution < -0.4 is 11.1 Å². The molecule has 1 aromatic carbocycles. The van der Waals surface area contributed by atoms with Gasteiger partial charge in [0.1, 0.15) is 5.82 Å². The van der Waals surface area contributed by atoms with E-state index in [-0.39, 0.29) is 0 Å². The van der Waals surface area contributed by atoms with Gasteiger partial charge in [0.05, 0.1) is 17.6 Å². The van der Waals surface area contributed by atoms with Gasteiger partial charge >= 0.3 is 0 Å². The zero-order chi connectivity index (χ0) is 11.5. The summed E-state index contributed by atoms with van der Waals surface area (Å²) in [6, 6.07) is 9.81. The fourth-order valence-electron chi connectivity index (χ4n) is 1.36. The van der Waals surface area contributed by atoms with Crippen LogP contribution in [0.25, 0.3) is 0 Å². The van der Waals surface area contributed by atoms with Crippen LogP contribution in [0.3, 0.4) is 0 Å². The third-order valence-electron chi connectivity index (χ3n) is 2.19. The van der Waals surface area contributed by atoms with Gasteiger partial charge in [0, 0.05) is 4.47 Å². The summed E-state index contributed by atoms with van der Waals surface area (Å²) in [5.41, 5.74) is 8.66. The number of pyridine rings is 1. The normalized spacial score (nSPS) is 10.1. The quantitative estimate of drug-likeness (QED) is 0.884. The topological polar surface area (TPSA) is 50.9 Å². The van der Waals surface area contributed by atoms with Gasteiger partial charge < -0.3 is 11.1 Å². The van der Waals surface area contributed by atoms with Crippen LogP contribution in [0.2, 0.25) is 0 Å². The fraction of sp³-hybridized carbons (Fsp3) is 0.0833. The van der Waals surface area contributed by atoms with Gasteiger partial charge in [-0.15, -0.1) is 0 Å². The first-order chi connectivity index (χ1) is 7.65. The third-order valence-corrected chi connectivity index (χ3v) is 2.85. The average molecular weight is 278 g/mol. The molecule has 0 unspecified atom stereocenters. The number of aryl methyl sites for hydroxylation is 1. The lowest BCUT2D eigenvalue weighted by atomic mass is 10.2. The molecule has 16 heavy (non-hydrogen) atoms. The average Bonchev–Trinajstić information content (AvgIpc) is 2.25. The number of rotatable bonds is 2. The van der Waals surface area contributed by atoms with Crippen molar-refractivity contribution in [3.63, 3.8) is 0 Å². The van der Waals surface area contributed by atoms with Gasteiger partial charge in [0.2, 0.25) is 0 Å². The minimum Gasteiger partial charge on any atom is -0.384 e. The van der Waals surface area contributed by atoms with Gasteiger partial charge in [-0.1, -0.05) is 6.07 Å². The molecule has 1 aromatic heterocycles. The van der Waals surface area contributed by atoms with Crippen molar-refractivity contribution < 1.29 is 0 Å². The predicted octanol–water partition coefficient (Wildman–Crippen LogP) is 3.48. The Balaban J connectivity index is 2.23. The number of hydrogen-bond donors (Lipinski definition) is 2. The first-order valence-electron chi connectivity index (χ1n) is 4.90. The second kappa shape index (κ2) is 4.53. The van der Waals surface area contributed by atoms with E-state index in [9.17, 15) is 0 Å². The molecule has 0 amide bonds. The maximum atomic E-state index is 5.52. The Morgan fingerprint density at radius 3 is 2.69 bits per heavy atom. The number of halogens is 1. The predicted molar refractivity (Wildman–Crippen MR) is 70.8 cm³/mol. The largest absolute Gasteiger partial charge is 0.384 e. The van der Waals surface area contributed by atoms with E-state index in [1.54, 1.807) is 12.3 Å². The van der Waals surface area contributed by atoms with E-state index in [4.69, 9.17) is 5.73 Å². The van der Waals surface area contributed by atoms with E-state index >= 15 is 0 Å². The Kier molecular flexibility index (Phi) is 3.10. The maximum Gasteiger partial charge on any atom is 0.123 e. The van der Waals surface area contributed by atoms with Gasteiger partial charge in [-0.2, -0.15) is 0 Å². The van der Waals surface area contributed by atoms with E-state index in [0.29, 0.717) is 5.82 Å². The number of nitrogens with two attached hydrogens (primary N) is 1. The number of anilines is 3. The van der Waals surface area contributed by atoms with Gasteiger partial charge in [0.15, 0.2) is 0 Å². The highest BCUT2D eigenvalue weighted by Crippen LogP contribution is 2.26. The number of benzene rings is 1. The summed E-state index contributed by atoms with van der Waals surface area (Å²) < 4.78 is 1.03. The van der Waals surface area contributed by atoms with E-state index in [0.717, 1.165) is 15.8 Å². The lowest BCUT2D eigenvalue weighted by molar-refractivity contribution is 1.32. The van der Waals surface area contributed by atoms with Gasteiger partial charge in [-0.25, -0.2) is 4.98 Å². The number of aromatic nitrogens is 1.